The molecule has 0 fully saturated rings. The van der Waals surface area contributed by atoms with Crippen LogP contribution >= 0.6 is 27.3 Å². The molecule has 1 aromatic carbocycles. The number of ether oxygens (including phenoxy) is 1. The van der Waals surface area contributed by atoms with Gasteiger partial charge in [-0.25, -0.2) is 4.39 Å². The van der Waals surface area contributed by atoms with Crippen molar-refractivity contribution in [2.45, 2.75) is 39.7 Å². The maximum Gasteiger partial charge on any atom is 0.282 e. The fourth-order valence-electron chi connectivity index (χ4n) is 2.52. The van der Waals surface area contributed by atoms with E-state index in [-0.39, 0.29) is 11.0 Å². The van der Waals surface area contributed by atoms with Crippen molar-refractivity contribution in [3.8, 4) is 0 Å². The highest BCUT2D eigenvalue weighted by Gasteiger charge is 2.22. The van der Waals surface area contributed by atoms with Crippen molar-refractivity contribution in [1.29, 1.82) is 0 Å². The Labute approximate surface area is 159 Å². The normalized spacial score (nSPS) is 12.7. The molecule has 1 amide bonds. The molecule has 0 atom stereocenters. The number of aromatic nitrogens is 1. The van der Waals surface area contributed by atoms with Crippen molar-refractivity contribution in [3.63, 3.8) is 0 Å². The number of rotatable bonds is 4. The van der Waals surface area contributed by atoms with E-state index in [1.165, 1.54) is 23.5 Å². The molecule has 7 heteroatoms. The van der Waals surface area contributed by atoms with Gasteiger partial charge in [-0.1, -0.05) is 36.7 Å². The van der Waals surface area contributed by atoms with Gasteiger partial charge in [0.05, 0.1) is 12.2 Å². The first-order valence-electron chi connectivity index (χ1n) is 7.89. The van der Waals surface area contributed by atoms with E-state index < -0.39 is 11.7 Å². The Kier molecular flexibility index (Phi) is 6.35. The zero-order valence-corrected chi connectivity index (χ0v) is 17.4. The van der Waals surface area contributed by atoms with Crippen LogP contribution in [0.1, 0.15) is 41.7 Å². The smallest absolute Gasteiger partial charge is 0.282 e. The Bertz CT molecular complexity index is 850. The molecule has 1 heterocycles. The minimum atomic E-state index is -0.591. The van der Waals surface area contributed by atoms with E-state index in [0.717, 1.165) is 10.6 Å². The first-order chi connectivity index (χ1) is 11.6. The quantitative estimate of drug-likeness (QED) is 0.721. The van der Waals surface area contributed by atoms with Gasteiger partial charge in [-0.3, -0.25) is 4.79 Å². The van der Waals surface area contributed by atoms with E-state index in [1.807, 2.05) is 11.5 Å². The molecule has 1 aromatic heterocycles. The number of amides is 1. The van der Waals surface area contributed by atoms with Crippen LogP contribution in [-0.2, 0) is 16.7 Å². The molecule has 0 N–H and O–H groups in total. The Morgan fingerprint density at radius 1 is 1.40 bits per heavy atom. The largest absolute Gasteiger partial charge is 0.383 e. The molecule has 0 saturated heterocycles. The summed E-state index contributed by atoms with van der Waals surface area (Å²) in [6, 6.07) is 4.26. The van der Waals surface area contributed by atoms with E-state index in [2.05, 4.69) is 41.7 Å². The zero-order chi connectivity index (χ0) is 18.8. The van der Waals surface area contributed by atoms with Gasteiger partial charge in [-0.2, -0.15) is 4.99 Å². The molecule has 0 spiro atoms. The monoisotopic (exact) mass is 428 g/mol. The number of methoxy groups -OCH3 is 1. The third-order valence-electron chi connectivity index (χ3n) is 3.71. The fraction of sp³-hybridized carbons (Fsp3) is 0.444. The SMILES string of the molecule is COCCn1c(C)c(C(C)(C)C)sc1=NC(=O)c1cc(Br)ccc1F. The first kappa shape index (κ1) is 20.0. The van der Waals surface area contributed by atoms with Gasteiger partial charge in [0.1, 0.15) is 5.82 Å². The van der Waals surface area contributed by atoms with Gasteiger partial charge in [0.25, 0.3) is 5.91 Å². The number of hydrogen-bond donors (Lipinski definition) is 0. The first-order valence-corrected chi connectivity index (χ1v) is 9.50. The highest BCUT2D eigenvalue weighted by atomic mass is 79.9. The Hall–Kier alpha value is -1.31. The van der Waals surface area contributed by atoms with Crippen molar-refractivity contribution in [3.05, 3.63) is 49.4 Å². The van der Waals surface area contributed by atoms with Crippen LogP contribution in [0, 0.1) is 12.7 Å². The van der Waals surface area contributed by atoms with Gasteiger partial charge < -0.3 is 9.30 Å². The number of thiazole rings is 1. The van der Waals surface area contributed by atoms with Crippen LogP contribution in [0.4, 0.5) is 4.39 Å². The molecular weight excluding hydrogens is 407 g/mol. The molecule has 0 radical (unpaired) electrons. The predicted molar refractivity (Wildman–Crippen MR) is 102 cm³/mol. The van der Waals surface area contributed by atoms with Gasteiger partial charge in [0.15, 0.2) is 4.80 Å². The summed E-state index contributed by atoms with van der Waals surface area (Å²) < 4.78 is 21.7. The van der Waals surface area contributed by atoms with Crippen molar-refractivity contribution >= 4 is 33.2 Å². The van der Waals surface area contributed by atoms with E-state index in [1.54, 1.807) is 13.2 Å². The molecule has 25 heavy (non-hydrogen) atoms. The number of hydrogen-bond acceptors (Lipinski definition) is 3. The number of carbonyl (C=O) groups is 1. The highest BCUT2D eigenvalue weighted by molar-refractivity contribution is 9.10. The standard InChI is InChI=1S/C18H22BrFN2O2S/c1-11-15(18(2,3)4)25-17(22(11)8-9-24-5)21-16(23)13-10-12(19)6-7-14(13)20/h6-7,10H,8-9H2,1-5H3. The van der Waals surface area contributed by atoms with Crippen molar-refractivity contribution in [2.75, 3.05) is 13.7 Å². The third kappa shape index (κ3) is 4.65. The van der Waals surface area contributed by atoms with Gasteiger partial charge in [-0.05, 0) is 30.5 Å². The number of carbonyl (C=O) groups excluding carboxylic acids is 1. The molecule has 136 valence electrons. The Balaban J connectivity index is 2.57. The van der Waals surface area contributed by atoms with E-state index >= 15 is 0 Å². The number of halogens is 2. The second-order valence-corrected chi connectivity index (χ2v) is 8.63. The molecule has 0 bridgehead atoms. The number of nitrogens with zero attached hydrogens (tertiary/aromatic N) is 2. The maximum atomic E-state index is 14.0. The minimum absolute atomic E-state index is 0.0453. The molecule has 2 aromatic rings. The summed E-state index contributed by atoms with van der Waals surface area (Å²) in [5.41, 5.74) is 0.938. The summed E-state index contributed by atoms with van der Waals surface area (Å²) in [4.78, 5) is 18.4. The lowest BCUT2D eigenvalue weighted by Crippen LogP contribution is -2.21. The van der Waals surface area contributed by atoms with Crippen LogP contribution in [0.3, 0.4) is 0 Å². The topological polar surface area (TPSA) is 43.6 Å². The number of benzene rings is 1. The lowest BCUT2D eigenvalue weighted by atomic mass is 9.93. The summed E-state index contributed by atoms with van der Waals surface area (Å²) in [5.74, 6) is -1.17. The van der Waals surface area contributed by atoms with E-state index in [0.29, 0.717) is 22.4 Å². The zero-order valence-electron chi connectivity index (χ0n) is 15.0. The molecule has 0 aliphatic rings. The van der Waals surface area contributed by atoms with Crippen LogP contribution in [-0.4, -0.2) is 24.2 Å². The van der Waals surface area contributed by atoms with Crippen LogP contribution in [0.2, 0.25) is 0 Å². The average Bonchev–Trinajstić information content (AvgIpc) is 2.83. The van der Waals surface area contributed by atoms with Crippen molar-refractivity contribution in [1.82, 2.24) is 4.57 Å². The fourth-order valence-corrected chi connectivity index (χ4v) is 4.09. The minimum Gasteiger partial charge on any atom is -0.383 e. The summed E-state index contributed by atoms with van der Waals surface area (Å²) in [6.45, 7) is 9.45. The molecule has 4 nitrogen and oxygen atoms in total. The van der Waals surface area contributed by atoms with Crippen molar-refractivity contribution in [2.24, 2.45) is 4.99 Å². The summed E-state index contributed by atoms with van der Waals surface area (Å²) >= 11 is 4.72. The Morgan fingerprint density at radius 2 is 2.08 bits per heavy atom. The van der Waals surface area contributed by atoms with Crippen LogP contribution in [0.15, 0.2) is 27.7 Å². The predicted octanol–water partition coefficient (Wildman–Crippen LogP) is 4.44. The van der Waals surface area contributed by atoms with E-state index in [4.69, 9.17) is 4.74 Å². The molecule has 0 saturated carbocycles. The lowest BCUT2D eigenvalue weighted by molar-refractivity contribution is 0.0993. The van der Waals surface area contributed by atoms with Gasteiger partial charge in [-0.15, -0.1) is 11.3 Å². The molecule has 0 unspecified atom stereocenters. The summed E-state index contributed by atoms with van der Waals surface area (Å²) in [7, 11) is 1.63. The van der Waals surface area contributed by atoms with Gasteiger partial charge >= 0.3 is 0 Å². The molecule has 0 aliphatic heterocycles. The van der Waals surface area contributed by atoms with Gasteiger partial charge in [0.2, 0.25) is 0 Å². The molecule has 2 rings (SSSR count). The highest BCUT2D eigenvalue weighted by Crippen LogP contribution is 2.28. The summed E-state index contributed by atoms with van der Waals surface area (Å²) in [5, 5.41) is 0. The lowest BCUT2D eigenvalue weighted by Gasteiger charge is -2.17. The van der Waals surface area contributed by atoms with Crippen molar-refractivity contribution < 1.29 is 13.9 Å². The van der Waals surface area contributed by atoms with Crippen LogP contribution < -0.4 is 4.80 Å². The van der Waals surface area contributed by atoms with Crippen LogP contribution in [0.25, 0.3) is 0 Å². The Morgan fingerprint density at radius 3 is 2.68 bits per heavy atom. The molecule has 0 aliphatic carbocycles. The van der Waals surface area contributed by atoms with Gasteiger partial charge in [0, 0.05) is 28.7 Å². The second kappa shape index (κ2) is 7.93. The maximum absolute atomic E-state index is 14.0. The molecular formula is C18H22BrFN2O2S. The summed E-state index contributed by atoms with van der Waals surface area (Å²) in [6.07, 6.45) is 0. The average molecular weight is 429 g/mol. The van der Waals surface area contributed by atoms with Crippen LogP contribution in [0.5, 0.6) is 0 Å². The van der Waals surface area contributed by atoms with E-state index in [9.17, 15) is 9.18 Å². The third-order valence-corrected chi connectivity index (χ3v) is 5.81. The second-order valence-electron chi connectivity index (χ2n) is 6.73.